The van der Waals surface area contributed by atoms with E-state index in [1.807, 2.05) is 42.5 Å². The van der Waals surface area contributed by atoms with E-state index in [-0.39, 0.29) is 0 Å². The molecule has 0 bridgehead atoms. The Hall–Kier alpha value is -1.54. The Balaban J connectivity index is 2.15. The summed E-state index contributed by atoms with van der Waals surface area (Å²) in [4.78, 5) is 0. The molecule has 0 spiro atoms. The number of hydrogen-bond acceptors (Lipinski definition) is 2. The standard InChI is InChI=1S/C13H14O2/c1-15-12-8-6-11(7-9-12)13(14)10-4-2-3-5-10/h2-4,6-9,13-14H,5H2,1H3. The first kappa shape index (κ1) is 9.99. The van der Waals surface area contributed by atoms with Gasteiger partial charge in [-0.25, -0.2) is 0 Å². The molecule has 2 rings (SSSR count). The van der Waals surface area contributed by atoms with Gasteiger partial charge in [-0.2, -0.15) is 0 Å². The summed E-state index contributed by atoms with van der Waals surface area (Å²) in [5.74, 6) is 0.810. The van der Waals surface area contributed by atoms with E-state index in [2.05, 4.69) is 0 Å². The van der Waals surface area contributed by atoms with Gasteiger partial charge in [-0.05, 0) is 29.7 Å². The van der Waals surface area contributed by atoms with E-state index in [1.165, 1.54) is 0 Å². The van der Waals surface area contributed by atoms with Crippen LogP contribution in [0.4, 0.5) is 0 Å². The predicted octanol–water partition coefficient (Wildman–Crippen LogP) is 2.61. The SMILES string of the molecule is COc1ccc(C(O)C2=CC=CC2)cc1. The minimum atomic E-state index is -0.495. The minimum absolute atomic E-state index is 0.495. The third kappa shape index (κ3) is 2.10. The van der Waals surface area contributed by atoms with Gasteiger partial charge in [0.2, 0.25) is 0 Å². The van der Waals surface area contributed by atoms with Crippen LogP contribution in [-0.2, 0) is 0 Å². The van der Waals surface area contributed by atoms with Crippen molar-refractivity contribution in [1.82, 2.24) is 0 Å². The second-order valence-corrected chi connectivity index (χ2v) is 3.55. The summed E-state index contributed by atoms with van der Waals surface area (Å²) in [7, 11) is 1.63. The number of hydrogen-bond donors (Lipinski definition) is 1. The minimum Gasteiger partial charge on any atom is -0.497 e. The van der Waals surface area contributed by atoms with Gasteiger partial charge in [0.1, 0.15) is 11.9 Å². The maximum Gasteiger partial charge on any atom is 0.118 e. The average Bonchev–Trinajstić information content (AvgIpc) is 2.82. The monoisotopic (exact) mass is 202 g/mol. The molecular weight excluding hydrogens is 188 g/mol. The molecule has 0 amide bonds. The highest BCUT2D eigenvalue weighted by atomic mass is 16.5. The molecule has 0 heterocycles. The molecule has 1 unspecified atom stereocenters. The quantitative estimate of drug-likeness (QED) is 0.816. The van der Waals surface area contributed by atoms with Gasteiger partial charge in [0.25, 0.3) is 0 Å². The zero-order valence-corrected chi connectivity index (χ0v) is 8.68. The Bertz CT molecular complexity index is 388. The number of aliphatic hydroxyl groups is 1. The molecule has 2 nitrogen and oxygen atoms in total. The first-order chi connectivity index (χ1) is 7.31. The van der Waals surface area contributed by atoms with Gasteiger partial charge in [0.05, 0.1) is 7.11 Å². The summed E-state index contributed by atoms with van der Waals surface area (Å²) in [6, 6.07) is 7.51. The maximum atomic E-state index is 10.0. The summed E-state index contributed by atoms with van der Waals surface area (Å²) in [5, 5.41) is 10.0. The van der Waals surface area contributed by atoms with Crippen molar-refractivity contribution in [1.29, 1.82) is 0 Å². The van der Waals surface area contributed by atoms with Crippen molar-refractivity contribution >= 4 is 0 Å². The molecule has 0 aliphatic heterocycles. The normalized spacial score (nSPS) is 16.3. The van der Waals surface area contributed by atoms with E-state index < -0.39 is 6.10 Å². The highest BCUT2D eigenvalue weighted by molar-refractivity contribution is 5.35. The Morgan fingerprint density at radius 2 is 2.00 bits per heavy atom. The lowest BCUT2D eigenvalue weighted by molar-refractivity contribution is 0.214. The van der Waals surface area contributed by atoms with Crippen LogP contribution in [0.25, 0.3) is 0 Å². The van der Waals surface area contributed by atoms with Crippen molar-refractivity contribution in [3.05, 3.63) is 53.6 Å². The molecule has 1 aromatic rings. The number of ether oxygens (including phenoxy) is 1. The second kappa shape index (κ2) is 4.32. The summed E-state index contributed by atoms with van der Waals surface area (Å²) >= 11 is 0. The Kier molecular flexibility index (Phi) is 2.88. The largest absolute Gasteiger partial charge is 0.497 e. The topological polar surface area (TPSA) is 29.5 Å². The van der Waals surface area contributed by atoms with Crippen LogP contribution in [0.3, 0.4) is 0 Å². The zero-order valence-electron chi connectivity index (χ0n) is 8.68. The molecule has 15 heavy (non-hydrogen) atoms. The molecule has 0 saturated heterocycles. The third-order valence-corrected chi connectivity index (χ3v) is 2.58. The van der Waals surface area contributed by atoms with E-state index in [9.17, 15) is 5.11 Å². The van der Waals surface area contributed by atoms with Gasteiger partial charge in [-0.3, -0.25) is 0 Å². The third-order valence-electron chi connectivity index (χ3n) is 2.58. The molecule has 0 fully saturated rings. The highest BCUT2D eigenvalue weighted by Gasteiger charge is 2.13. The number of methoxy groups -OCH3 is 1. The Morgan fingerprint density at radius 3 is 2.53 bits per heavy atom. The fourth-order valence-corrected chi connectivity index (χ4v) is 1.67. The molecule has 1 N–H and O–H groups in total. The molecule has 1 aliphatic carbocycles. The van der Waals surface area contributed by atoms with Crippen LogP contribution in [0.5, 0.6) is 5.75 Å². The number of aliphatic hydroxyl groups excluding tert-OH is 1. The zero-order chi connectivity index (χ0) is 10.7. The van der Waals surface area contributed by atoms with Gasteiger partial charge >= 0.3 is 0 Å². The van der Waals surface area contributed by atoms with Gasteiger partial charge in [0.15, 0.2) is 0 Å². The van der Waals surface area contributed by atoms with Crippen molar-refractivity contribution in [2.45, 2.75) is 12.5 Å². The number of allylic oxidation sites excluding steroid dienone is 3. The molecule has 0 saturated carbocycles. The molecule has 0 aromatic heterocycles. The van der Waals surface area contributed by atoms with Crippen molar-refractivity contribution in [2.75, 3.05) is 7.11 Å². The molecule has 1 atom stereocenters. The molecule has 0 radical (unpaired) electrons. The Labute approximate surface area is 89.5 Å². The molecule has 2 heteroatoms. The molecular formula is C13H14O2. The van der Waals surface area contributed by atoms with Crippen LogP contribution in [-0.4, -0.2) is 12.2 Å². The van der Waals surface area contributed by atoms with Crippen molar-refractivity contribution in [3.63, 3.8) is 0 Å². The highest BCUT2D eigenvalue weighted by Crippen LogP contribution is 2.28. The number of rotatable bonds is 3. The van der Waals surface area contributed by atoms with Crippen LogP contribution < -0.4 is 4.74 Å². The van der Waals surface area contributed by atoms with E-state index in [0.717, 1.165) is 23.3 Å². The van der Waals surface area contributed by atoms with E-state index >= 15 is 0 Å². The lowest BCUT2D eigenvalue weighted by atomic mass is 10.0. The van der Waals surface area contributed by atoms with Gasteiger partial charge in [-0.1, -0.05) is 30.4 Å². The van der Waals surface area contributed by atoms with E-state index in [1.54, 1.807) is 7.11 Å². The molecule has 78 valence electrons. The van der Waals surface area contributed by atoms with E-state index in [0.29, 0.717) is 0 Å². The van der Waals surface area contributed by atoms with Gasteiger partial charge in [0, 0.05) is 0 Å². The van der Waals surface area contributed by atoms with Crippen molar-refractivity contribution in [3.8, 4) is 5.75 Å². The van der Waals surface area contributed by atoms with Gasteiger partial charge < -0.3 is 9.84 Å². The summed E-state index contributed by atoms with van der Waals surface area (Å²) < 4.78 is 5.07. The van der Waals surface area contributed by atoms with Crippen LogP contribution in [0.2, 0.25) is 0 Å². The molecule has 1 aliphatic rings. The fraction of sp³-hybridized carbons (Fsp3) is 0.231. The average molecular weight is 202 g/mol. The second-order valence-electron chi connectivity index (χ2n) is 3.55. The maximum absolute atomic E-state index is 10.0. The van der Waals surface area contributed by atoms with Crippen LogP contribution in [0.15, 0.2) is 48.1 Å². The molecule has 1 aromatic carbocycles. The van der Waals surface area contributed by atoms with Crippen LogP contribution in [0.1, 0.15) is 18.1 Å². The lowest BCUT2D eigenvalue weighted by Crippen LogP contribution is -1.99. The predicted molar refractivity (Wildman–Crippen MR) is 59.8 cm³/mol. The van der Waals surface area contributed by atoms with Crippen LogP contribution >= 0.6 is 0 Å². The lowest BCUT2D eigenvalue weighted by Gasteiger charge is -2.12. The summed E-state index contributed by atoms with van der Waals surface area (Å²) in [6.45, 7) is 0. The van der Waals surface area contributed by atoms with Crippen molar-refractivity contribution in [2.24, 2.45) is 0 Å². The fourth-order valence-electron chi connectivity index (χ4n) is 1.67. The van der Waals surface area contributed by atoms with Crippen LogP contribution in [0, 0.1) is 0 Å². The van der Waals surface area contributed by atoms with Crippen molar-refractivity contribution < 1.29 is 9.84 Å². The first-order valence-electron chi connectivity index (χ1n) is 4.99. The summed E-state index contributed by atoms with van der Waals surface area (Å²) in [6.07, 6.45) is 6.33. The summed E-state index contributed by atoms with van der Waals surface area (Å²) in [5.41, 5.74) is 1.95. The smallest absolute Gasteiger partial charge is 0.118 e. The van der Waals surface area contributed by atoms with Gasteiger partial charge in [-0.15, -0.1) is 0 Å². The Morgan fingerprint density at radius 1 is 1.27 bits per heavy atom. The van der Waals surface area contributed by atoms with E-state index in [4.69, 9.17) is 4.74 Å². The first-order valence-corrected chi connectivity index (χ1v) is 4.99. The number of benzene rings is 1.